The third-order valence-corrected chi connectivity index (χ3v) is 0.717. The van der Waals surface area contributed by atoms with Crippen LogP contribution in [0, 0.1) is 0 Å². The molecule has 0 rings (SSSR count). The Morgan fingerprint density at radius 3 is 2.45 bits per heavy atom. The van der Waals surface area contributed by atoms with Crippen LogP contribution in [0.15, 0.2) is 0 Å². The first-order valence-electron chi connectivity index (χ1n) is 3.01. The van der Waals surface area contributed by atoms with E-state index in [1.165, 1.54) is 6.92 Å². The summed E-state index contributed by atoms with van der Waals surface area (Å²) >= 11 is 0. The van der Waals surface area contributed by atoms with Gasteiger partial charge in [-0.05, 0) is 6.92 Å². The third-order valence-electron chi connectivity index (χ3n) is 0.717. The molecule has 0 saturated heterocycles. The SMILES string of the molecule is C[C@H](O)CNOCC(F)(F)F. The molecule has 1 atom stereocenters. The van der Waals surface area contributed by atoms with Crippen LogP contribution in [-0.4, -0.2) is 30.5 Å². The van der Waals surface area contributed by atoms with Gasteiger partial charge in [-0.3, -0.25) is 4.84 Å². The largest absolute Gasteiger partial charge is 0.413 e. The van der Waals surface area contributed by atoms with Crippen molar-refractivity contribution >= 4 is 0 Å². The Hall–Kier alpha value is -0.330. The fourth-order valence-electron chi connectivity index (χ4n) is 0.312. The quantitative estimate of drug-likeness (QED) is 0.479. The normalized spacial score (nSPS) is 15.0. The summed E-state index contributed by atoms with van der Waals surface area (Å²) in [5.74, 6) is 0. The van der Waals surface area contributed by atoms with Gasteiger partial charge in [-0.15, -0.1) is 0 Å². The van der Waals surface area contributed by atoms with Gasteiger partial charge in [0.1, 0.15) is 0 Å². The van der Waals surface area contributed by atoms with E-state index in [9.17, 15) is 13.2 Å². The Labute approximate surface area is 62.1 Å². The van der Waals surface area contributed by atoms with Crippen LogP contribution in [-0.2, 0) is 4.84 Å². The van der Waals surface area contributed by atoms with Crippen LogP contribution < -0.4 is 5.48 Å². The second-order valence-corrected chi connectivity index (χ2v) is 2.10. The van der Waals surface area contributed by atoms with Crippen molar-refractivity contribution in [2.75, 3.05) is 13.2 Å². The van der Waals surface area contributed by atoms with Gasteiger partial charge in [0.2, 0.25) is 0 Å². The third kappa shape index (κ3) is 9.67. The molecule has 0 unspecified atom stereocenters. The molecule has 68 valence electrons. The van der Waals surface area contributed by atoms with Crippen LogP contribution in [0.4, 0.5) is 13.2 Å². The van der Waals surface area contributed by atoms with Gasteiger partial charge in [0.15, 0.2) is 6.61 Å². The number of aliphatic hydroxyl groups excluding tert-OH is 1. The molecule has 0 heterocycles. The van der Waals surface area contributed by atoms with Crippen molar-refractivity contribution in [3.63, 3.8) is 0 Å². The molecule has 0 aromatic heterocycles. The molecule has 2 N–H and O–H groups in total. The molecule has 11 heavy (non-hydrogen) atoms. The summed E-state index contributed by atoms with van der Waals surface area (Å²) in [5.41, 5.74) is 1.97. The molecule has 0 saturated carbocycles. The lowest BCUT2D eigenvalue weighted by Gasteiger charge is -2.09. The molecule has 0 aromatic rings. The summed E-state index contributed by atoms with van der Waals surface area (Å²) in [6, 6.07) is 0. The zero-order valence-corrected chi connectivity index (χ0v) is 5.98. The van der Waals surface area contributed by atoms with Crippen molar-refractivity contribution in [1.82, 2.24) is 5.48 Å². The van der Waals surface area contributed by atoms with Gasteiger partial charge in [0, 0.05) is 6.54 Å². The van der Waals surface area contributed by atoms with Gasteiger partial charge in [-0.1, -0.05) is 0 Å². The zero-order valence-electron chi connectivity index (χ0n) is 5.98. The molecular formula is C5H10F3NO2. The smallest absolute Gasteiger partial charge is 0.392 e. The van der Waals surface area contributed by atoms with Crippen LogP contribution in [0.3, 0.4) is 0 Å². The highest BCUT2D eigenvalue weighted by Gasteiger charge is 2.27. The summed E-state index contributed by atoms with van der Waals surface area (Å²) in [6.07, 6.45) is -5.05. The highest BCUT2D eigenvalue weighted by molar-refractivity contribution is 4.46. The van der Waals surface area contributed by atoms with Gasteiger partial charge in [-0.2, -0.15) is 18.7 Å². The summed E-state index contributed by atoms with van der Waals surface area (Å²) < 4.78 is 34.1. The van der Waals surface area contributed by atoms with Gasteiger partial charge < -0.3 is 5.11 Å². The number of hydroxylamine groups is 1. The van der Waals surface area contributed by atoms with Gasteiger partial charge in [-0.25, -0.2) is 0 Å². The van der Waals surface area contributed by atoms with Crippen molar-refractivity contribution in [2.45, 2.75) is 19.2 Å². The number of hydrogen-bond acceptors (Lipinski definition) is 3. The minimum atomic E-state index is -4.33. The van der Waals surface area contributed by atoms with Crippen LogP contribution >= 0.6 is 0 Å². The monoisotopic (exact) mass is 173 g/mol. The van der Waals surface area contributed by atoms with E-state index < -0.39 is 18.9 Å². The second kappa shape index (κ2) is 4.53. The number of nitrogens with one attached hydrogen (secondary N) is 1. The standard InChI is InChI=1S/C5H10F3NO2/c1-4(10)2-9-11-3-5(6,7)8/h4,9-10H,2-3H2,1H3/t4-/m0/s1. The van der Waals surface area contributed by atoms with E-state index in [0.717, 1.165) is 0 Å². The van der Waals surface area contributed by atoms with E-state index in [2.05, 4.69) is 4.84 Å². The molecule has 0 aliphatic carbocycles. The van der Waals surface area contributed by atoms with E-state index in [-0.39, 0.29) is 6.54 Å². The fourth-order valence-corrected chi connectivity index (χ4v) is 0.312. The molecule has 0 spiro atoms. The summed E-state index contributed by atoms with van der Waals surface area (Å²) in [4.78, 5) is 3.97. The Morgan fingerprint density at radius 2 is 2.09 bits per heavy atom. The maximum Gasteiger partial charge on any atom is 0.413 e. The number of aliphatic hydroxyl groups is 1. The molecule has 0 fully saturated rings. The molecule has 6 heteroatoms. The predicted octanol–water partition coefficient (Wildman–Crippen LogP) is 0.451. The number of alkyl halides is 3. The van der Waals surface area contributed by atoms with E-state index in [0.29, 0.717) is 0 Å². The van der Waals surface area contributed by atoms with Crippen LogP contribution in [0.25, 0.3) is 0 Å². The maximum atomic E-state index is 11.4. The second-order valence-electron chi connectivity index (χ2n) is 2.10. The van der Waals surface area contributed by atoms with Crippen molar-refractivity contribution in [3.05, 3.63) is 0 Å². The lowest BCUT2D eigenvalue weighted by Crippen LogP contribution is -2.29. The number of rotatable bonds is 4. The van der Waals surface area contributed by atoms with E-state index in [1.807, 2.05) is 5.48 Å². The van der Waals surface area contributed by atoms with E-state index in [1.54, 1.807) is 0 Å². The number of halogens is 3. The molecule has 0 aliphatic heterocycles. The molecule has 0 aromatic carbocycles. The highest BCUT2D eigenvalue weighted by atomic mass is 19.4. The molecule has 0 amide bonds. The van der Waals surface area contributed by atoms with Gasteiger partial charge in [0.25, 0.3) is 0 Å². The van der Waals surface area contributed by atoms with Crippen LogP contribution in [0.5, 0.6) is 0 Å². The van der Waals surface area contributed by atoms with Gasteiger partial charge >= 0.3 is 6.18 Å². The van der Waals surface area contributed by atoms with Crippen molar-refractivity contribution < 1.29 is 23.1 Å². The molecular weight excluding hydrogens is 163 g/mol. The van der Waals surface area contributed by atoms with Crippen LogP contribution in [0.2, 0.25) is 0 Å². The lowest BCUT2D eigenvalue weighted by atomic mass is 10.4. The minimum absolute atomic E-state index is 0.0178. The van der Waals surface area contributed by atoms with Crippen molar-refractivity contribution in [1.29, 1.82) is 0 Å². The fraction of sp³-hybridized carbons (Fsp3) is 1.00. The first kappa shape index (κ1) is 10.7. The summed E-state index contributed by atoms with van der Waals surface area (Å²) in [5, 5.41) is 8.56. The summed E-state index contributed by atoms with van der Waals surface area (Å²) in [7, 11) is 0. The Morgan fingerprint density at radius 1 is 1.55 bits per heavy atom. The van der Waals surface area contributed by atoms with E-state index >= 15 is 0 Å². The first-order chi connectivity index (χ1) is 4.92. The van der Waals surface area contributed by atoms with Gasteiger partial charge in [0.05, 0.1) is 6.10 Å². The summed E-state index contributed by atoms with van der Waals surface area (Å²) in [6.45, 7) is 0.0692. The molecule has 0 aliphatic rings. The number of hydrogen-bond donors (Lipinski definition) is 2. The zero-order chi connectivity index (χ0) is 8.91. The Balaban J connectivity index is 3.15. The molecule has 0 radical (unpaired) electrons. The minimum Gasteiger partial charge on any atom is -0.392 e. The van der Waals surface area contributed by atoms with Crippen molar-refractivity contribution in [2.24, 2.45) is 0 Å². The van der Waals surface area contributed by atoms with E-state index in [4.69, 9.17) is 5.11 Å². The molecule has 0 bridgehead atoms. The topological polar surface area (TPSA) is 41.5 Å². The lowest BCUT2D eigenvalue weighted by molar-refractivity contribution is -0.190. The Bertz CT molecular complexity index is 104. The first-order valence-corrected chi connectivity index (χ1v) is 3.01. The maximum absolute atomic E-state index is 11.4. The average Bonchev–Trinajstić information content (AvgIpc) is 1.78. The average molecular weight is 173 g/mol. The van der Waals surface area contributed by atoms with Crippen LogP contribution in [0.1, 0.15) is 6.92 Å². The Kier molecular flexibility index (Phi) is 4.39. The highest BCUT2D eigenvalue weighted by Crippen LogP contribution is 2.13. The van der Waals surface area contributed by atoms with Crippen molar-refractivity contribution in [3.8, 4) is 0 Å². The predicted molar refractivity (Wildman–Crippen MR) is 31.7 cm³/mol. The molecule has 3 nitrogen and oxygen atoms in total.